The van der Waals surface area contributed by atoms with Gasteiger partial charge in [-0.1, -0.05) is 60.2 Å². The zero-order valence-electron chi connectivity index (χ0n) is 16.9. The van der Waals surface area contributed by atoms with Gasteiger partial charge in [0.1, 0.15) is 5.82 Å². The molecule has 8 heteroatoms. The van der Waals surface area contributed by atoms with E-state index in [-0.39, 0.29) is 11.4 Å². The van der Waals surface area contributed by atoms with Crippen LogP contribution in [-0.2, 0) is 21.4 Å². The number of nitrogens with one attached hydrogen (secondary N) is 1. The van der Waals surface area contributed by atoms with Crippen molar-refractivity contribution in [3.8, 4) is 0 Å². The average Bonchev–Trinajstić information content (AvgIpc) is 2.74. The number of carbonyl (C=O) groups is 1. The third-order valence-corrected chi connectivity index (χ3v) is 6.24. The second kappa shape index (κ2) is 10.1. The van der Waals surface area contributed by atoms with Crippen LogP contribution in [0.5, 0.6) is 0 Å². The summed E-state index contributed by atoms with van der Waals surface area (Å²) in [5.74, 6) is -1.03. The zero-order chi connectivity index (χ0) is 22.3. The van der Waals surface area contributed by atoms with Gasteiger partial charge in [0.15, 0.2) is 0 Å². The second-order valence-corrected chi connectivity index (χ2v) is 8.86. The summed E-state index contributed by atoms with van der Waals surface area (Å²) in [5, 5.41) is 3.80. The summed E-state index contributed by atoms with van der Waals surface area (Å²) in [6.45, 7) is 1.46. The lowest BCUT2D eigenvalue weighted by atomic mass is 10.2. The number of rotatable bonds is 8. The molecular formula is C23H22FN3O3S. The number of aryl methyl sites for hydroxylation is 1. The van der Waals surface area contributed by atoms with Gasteiger partial charge in [-0.3, -0.25) is 4.79 Å². The first-order valence-electron chi connectivity index (χ1n) is 9.53. The van der Waals surface area contributed by atoms with Crippen LogP contribution in [0.15, 0.2) is 88.9 Å². The van der Waals surface area contributed by atoms with E-state index in [1.165, 1.54) is 36.5 Å². The number of nitrogens with zero attached hydrogens (tertiary/aromatic N) is 2. The van der Waals surface area contributed by atoms with Crippen molar-refractivity contribution in [2.24, 2.45) is 5.10 Å². The summed E-state index contributed by atoms with van der Waals surface area (Å²) < 4.78 is 40.7. The van der Waals surface area contributed by atoms with E-state index in [0.29, 0.717) is 5.56 Å². The molecule has 0 fully saturated rings. The molecule has 3 aromatic carbocycles. The number of amides is 1. The fourth-order valence-electron chi connectivity index (χ4n) is 2.83. The van der Waals surface area contributed by atoms with Crippen LogP contribution >= 0.6 is 0 Å². The molecule has 0 aliphatic rings. The molecule has 6 nitrogen and oxygen atoms in total. The molecule has 160 valence electrons. The Morgan fingerprint density at radius 1 is 1.03 bits per heavy atom. The van der Waals surface area contributed by atoms with Gasteiger partial charge in [-0.2, -0.15) is 9.41 Å². The van der Waals surface area contributed by atoms with Crippen LogP contribution in [0.2, 0.25) is 0 Å². The van der Waals surface area contributed by atoms with Crippen molar-refractivity contribution in [1.82, 2.24) is 9.73 Å². The first-order chi connectivity index (χ1) is 14.8. The Hall–Kier alpha value is -3.36. The predicted octanol–water partition coefficient (Wildman–Crippen LogP) is 3.48. The molecule has 0 heterocycles. The van der Waals surface area contributed by atoms with Crippen molar-refractivity contribution < 1.29 is 17.6 Å². The summed E-state index contributed by atoms with van der Waals surface area (Å²) in [7, 11) is -3.92. The van der Waals surface area contributed by atoms with Crippen molar-refractivity contribution in [2.45, 2.75) is 18.4 Å². The molecule has 3 rings (SSSR count). The van der Waals surface area contributed by atoms with E-state index in [2.05, 4.69) is 10.5 Å². The lowest BCUT2D eigenvalue weighted by Gasteiger charge is -2.21. The standard InChI is InChI=1S/C23H22FN3O3S/c1-18-10-12-22(13-11-18)31(29,30)27(16-19-6-3-2-4-7-19)17-23(28)26-25-15-20-8-5-9-21(24)14-20/h2-15H,16-17H2,1H3,(H,26,28)/b25-15-. The maximum atomic E-state index is 13.2. The van der Waals surface area contributed by atoms with E-state index in [9.17, 15) is 17.6 Å². The van der Waals surface area contributed by atoms with Crippen LogP contribution in [0.1, 0.15) is 16.7 Å². The summed E-state index contributed by atoms with van der Waals surface area (Å²) in [4.78, 5) is 12.5. The fraction of sp³-hybridized carbons (Fsp3) is 0.130. The first-order valence-corrected chi connectivity index (χ1v) is 11.0. The van der Waals surface area contributed by atoms with Gasteiger partial charge in [0.2, 0.25) is 10.0 Å². The SMILES string of the molecule is Cc1ccc(S(=O)(=O)N(CC(=O)N/N=C\c2cccc(F)c2)Cc2ccccc2)cc1. The van der Waals surface area contributed by atoms with Crippen molar-refractivity contribution in [2.75, 3.05) is 6.54 Å². The normalized spacial score (nSPS) is 11.7. The lowest BCUT2D eigenvalue weighted by Crippen LogP contribution is -2.39. The molecule has 1 amide bonds. The molecule has 0 radical (unpaired) electrons. The van der Waals surface area contributed by atoms with E-state index in [1.54, 1.807) is 42.5 Å². The number of hydrogen-bond acceptors (Lipinski definition) is 4. The minimum Gasteiger partial charge on any atom is -0.272 e. The van der Waals surface area contributed by atoms with Crippen LogP contribution in [0, 0.1) is 12.7 Å². The van der Waals surface area contributed by atoms with E-state index in [0.717, 1.165) is 15.4 Å². The molecule has 0 aliphatic carbocycles. The highest BCUT2D eigenvalue weighted by Gasteiger charge is 2.26. The molecule has 0 unspecified atom stereocenters. The van der Waals surface area contributed by atoms with E-state index >= 15 is 0 Å². The van der Waals surface area contributed by atoms with Crippen molar-refractivity contribution in [3.63, 3.8) is 0 Å². The fourth-order valence-corrected chi connectivity index (χ4v) is 4.22. The highest BCUT2D eigenvalue weighted by atomic mass is 32.2. The van der Waals surface area contributed by atoms with Crippen molar-refractivity contribution >= 4 is 22.1 Å². The molecule has 0 saturated carbocycles. The number of hydrogen-bond donors (Lipinski definition) is 1. The molecule has 3 aromatic rings. The Bertz CT molecular complexity index is 1160. The Morgan fingerprint density at radius 2 is 1.74 bits per heavy atom. The Labute approximate surface area is 181 Å². The van der Waals surface area contributed by atoms with Gasteiger partial charge in [-0.05, 0) is 42.3 Å². The summed E-state index contributed by atoms with van der Waals surface area (Å²) in [6, 6.07) is 21.2. The van der Waals surface area contributed by atoms with Crippen molar-refractivity contribution in [3.05, 3.63) is 101 Å². The summed E-state index contributed by atoms with van der Waals surface area (Å²) >= 11 is 0. The Balaban J connectivity index is 1.77. The highest BCUT2D eigenvalue weighted by molar-refractivity contribution is 7.89. The highest BCUT2D eigenvalue weighted by Crippen LogP contribution is 2.19. The van der Waals surface area contributed by atoms with Crippen LogP contribution in [-0.4, -0.2) is 31.4 Å². The van der Waals surface area contributed by atoms with Gasteiger partial charge in [0.05, 0.1) is 17.7 Å². The molecule has 0 bridgehead atoms. The van der Waals surface area contributed by atoms with Gasteiger partial charge in [-0.25, -0.2) is 18.2 Å². The second-order valence-electron chi connectivity index (χ2n) is 6.92. The maximum Gasteiger partial charge on any atom is 0.255 e. The number of carbonyl (C=O) groups excluding carboxylic acids is 1. The van der Waals surface area contributed by atoms with Crippen LogP contribution in [0.3, 0.4) is 0 Å². The quantitative estimate of drug-likeness (QED) is 0.431. The minimum absolute atomic E-state index is 0.0259. The molecule has 0 spiro atoms. The van der Waals surface area contributed by atoms with Crippen LogP contribution in [0.25, 0.3) is 0 Å². The third kappa shape index (κ3) is 6.31. The number of benzene rings is 3. The number of halogens is 1. The Kier molecular flexibility index (Phi) is 7.28. The molecule has 0 atom stereocenters. The van der Waals surface area contributed by atoms with E-state index in [4.69, 9.17) is 0 Å². The molecule has 31 heavy (non-hydrogen) atoms. The zero-order valence-corrected chi connectivity index (χ0v) is 17.7. The van der Waals surface area contributed by atoms with E-state index in [1.807, 2.05) is 13.0 Å². The Morgan fingerprint density at radius 3 is 2.42 bits per heavy atom. The van der Waals surface area contributed by atoms with Crippen LogP contribution in [0.4, 0.5) is 4.39 Å². The third-order valence-electron chi connectivity index (χ3n) is 4.43. The minimum atomic E-state index is -3.92. The largest absolute Gasteiger partial charge is 0.272 e. The molecule has 0 saturated heterocycles. The van der Waals surface area contributed by atoms with Crippen LogP contribution < -0.4 is 5.43 Å². The lowest BCUT2D eigenvalue weighted by molar-refractivity contribution is -0.121. The van der Waals surface area contributed by atoms with Crippen molar-refractivity contribution in [1.29, 1.82) is 0 Å². The molecule has 1 N–H and O–H groups in total. The van der Waals surface area contributed by atoms with Gasteiger partial charge in [0, 0.05) is 6.54 Å². The number of sulfonamides is 1. The first kappa shape index (κ1) is 22.3. The molecule has 0 aliphatic heterocycles. The monoisotopic (exact) mass is 439 g/mol. The maximum absolute atomic E-state index is 13.2. The summed E-state index contributed by atoms with van der Waals surface area (Å²) in [5.41, 5.74) is 4.44. The van der Waals surface area contributed by atoms with Gasteiger partial charge < -0.3 is 0 Å². The molecule has 0 aromatic heterocycles. The van der Waals surface area contributed by atoms with Gasteiger partial charge >= 0.3 is 0 Å². The summed E-state index contributed by atoms with van der Waals surface area (Å²) in [6.07, 6.45) is 1.29. The smallest absolute Gasteiger partial charge is 0.255 e. The van der Waals surface area contributed by atoms with Gasteiger partial charge in [0.25, 0.3) is 5.91 Å². The topological polar surface area (TPSA) is 78.8 Å². The average molecular weight is 440 g/mol. The van der Waals surface area contributed by atoms with E-state index < -0.39 is 28.3 Å². The molecular weight excluding hydrogens is 417 g/mol. The van der Waals surface area contributed by atoms with Gasteiger partial charge in [-0.15, -0.1) is 0 Å². The predicted molar refractivity (Wildman–Crippen MR) is 117 cm³/mol. The number of hydrazone groups is 1.